The van der Waals surface area contributed by atoms with E-state index in [1.807, 2.05) is 19.9 Å². The van der Waals surface area contributed by atoms with E-state index in [1.165, 1.54) is 7.11 Å². The van der Waals surface area contributed by atoms with Crippen molar-refractivity contribution in [3.05, 3.63) is 32.6 Å². The number of rotatable bonds is 23. The zero-order valence-electron chi connectivity index (χ0n) is 44.1. The Morgan fingerprint density at radius 2 is 1.63 bits per heavy atom. The maximum Gasteiger partial charge on any atom is 0.408 e. The highest BCUT2D eigenvalue weighted by Crippen LogP contribution is 2.51. The number of aromatic nitrogens is 1. The summed E-state index contributed by atoms with van der Waals surface area (Å²) in [5, 5.41) is 2.71. The summed E-state index contributed by atoms with van der Waals surface area (Å²) in [6.45, 7) is 32.8. The van der Waals surface area contributed by atoms with Crippen molar-refractivity contribution in [3.8, 4) is 29.6 Å². The molecule has 68 heavy (non-hydrogen) atoms. The van der Waals surface area contributed by atoms with Crippen LogP contribution in [-0.2, 0) is 42.1 Å². The lowest BCUT2D eigenvalue weighted by molar-refractivity contribution is -0.172. The van der Waals surface area contributed by atoms with Crippen LogP contribution in [0.3, 0.4) is 0 Å². The van der Waals surface area contributed by atoms with Gasteiger partial charge in [-0.25, -0.2) is 9.78 Å². The Morgan fingerprint density at radius 3 is 2.12 bits per heavy atom. The van der Waals surface area contributed by atoms with Crippen molar-refractivity contribution < 1.29 is 51.6 Å². The van der Waals surface area contributed by atoms with Crippen LogP contribution in [0.15, 0.2) is 21.8 Å². The van der Waals surface area contributed by atoms with E-state index in [0.717, 1.165) is 39.8 Å². The van der Waals surface area contributed by atoms with Gasteiger partial charge in [-0.2, -0.15) is 0 Å². The minimum absolute atomic E-state index is 0.00743. The number of alkyl carbamates (subject to hydrolysis) is 1. The van der Waals surface area contributed by atoms with E-state index in [0.29, 0.717) is 0 Å². The summed E-state index contributed by atoms with van der Waals surface area (Å²) in [7, 11) is -5.12. The molecule has 0 bridgehead atoms. The lowest BCUT2D eigenvalue weighted by Crippen LogP contribution is -2.56. The van der Waals surface area contributed by atoms with Gasteiger partial charge in [-0.05, 0) is 130 Å². The predicted molar refractivity (Wildman–Crippen MR) is 286 cm³/mol. The molecule has 384 valence electrons. The highest BCUT2D eigenvalue weighted by atomic mass is 127. The number of esters is 1. The Kier molecular flexibility index (Phi) is 21.8. The third kappa shape index (κ3) is 15.3. The summed E-state index contributed by atoms with van der Waals surface area (Å²) in [5.41, 5.74) is 0.868. The summed E-state index contributed by atoms with van der Waals surface area (Å²) < 4.78 is 57.9. The molecule has 1 N–H and O–H groups in total. The van der Waals surface area contributed by atoms with E-state index in [9.17, 15) is 9.59 Å². The average molecular weight is 1130 g/mol. The molecule has 2 aliphatic rings. The Balaban J connectivity index is 2.02. The van der Waals surface area contributed by atoms with Crippen molar-refractivity contribution in [1.29, 1.82) is 0 Å². The summed E-state index contributed by atoms with van der Waals surface area (Å²) in [6, 6.07) is 7.84. The van der Waals surface area contributed by atoms with Gasteiger partial charge < -0.3 is 47.3 Å². The molecule has 1 fully saturated rings. The molecule has 3 rings (SSSR count). The Labute approximate surface area is 430 Å². The zero-order valence-corrected chi connectivity index (χ0v) is 50.0. The van der Waals surface area contributed by atoms with Crippen molar-refractivity contribution in [1.82, 2.24) is 10.3 Å². The first kappa shape index (κ1) is 60.3. The summed E-state index contributed by atoms with van der Waals surface area (Å²) in [6.07, 6.45) is 5.42. The second-order valence-electron chi connectivity index (χ2n) is 20.9. The first-order valence-corrected chi connectivity index (χ1v) is 33.7. The van der Waals surface area contributed by atoms with E-state index in [4.69, 9.17) is 60.0 Å². The van der Waals surface area contributed by atoms with E-state index < -0.39 is 83.7 Å². The molecule has 18 heteroatoms. The molecule has 1 aromatic heterocycles. The van der Waals surface area contributed by atoms with Gasteiger partial charge in [-0.1, -0.05) is 79.8 Å². The SMILES string of the molecule is C#C[C@@](CC#C[Si](CC)(CC)CC)(O[Si](CC)(CC)CC)[C@H](COC(=O)C[C@@H](NC(=O)OC(C)(C)C)c1ccc(O[C@H]2C=C(I)[C@@]3(COC(C)(C)O3)[C@@H]2O[Si](C)(C)C(C)(C)C)c(Cl)n1)OCOC. The molecule has 1 saturated heterocycles. The molecular weight excluding hydrogens is 1050 g/mol. The number of hydrogen-bond donors (Lipinski definition) is 1. The van der Waals surface area contributed by atoms with Crippen LogP contribution in [0.4, 0.5) is 4.79 Å². The van der Waals surface area contributed by atoms with Gasteiger partial charge in [0.05, 0.1) is 31.2 Å². The highest BCUT2D eigenvalue weighted by molar-refractivity contribution is 14.1. The fourth-order valence-corrected chi connectivity index (χ4v) is 16.0. The normalized spacial score (nSPS) is 21.5. The van der Waals surface area contributed by atoms with Crippen LogP contribution < -0.4 is 10.1 Å². The third-order valence-electron chi connectivity index (χ3n) is 13.9. The van der Waals surface area contributed by atoms with E-state index in [-0.39, 0.29) is 54.5 Å². The minimum Gasteiger partial charge on any atom is -0.480 e. The Bertz CT molecular complexity index is 1980. The van der Waals surface area contributed by atoms with Gasteiger partial charge in [0.1, 0.15) is 45.4 Å². The minimum atomic E-state index is -2.40. The number of carbonyl (C=O) groups excluding carboxylic acids is 2. The topological polar surface area (TPSA) is 142 Å². The van der Waals surface area contributed by atoms with Crippen molar-refractivity contribution in [2.75, 3.05) is 27.1 Å². The van der Waals surface area contributed by atoms with Crippen molar-refractivity contribution in [2.45, 2.75) is 211 Å². The molecule has 6 atom stereocenters. The second-order valence-corrected chi connectivity index (χ2v) is 36.8. The van der Waals surface area contributed by atoms with E-state index in [1.54, 1.807) is 32.9 Å². The van der Waals surface area contributed by atoms with Crippen LogP contribution in [0.5, 0.6) is 5.75 Å². The van der Waals surface area contributed by atoms with Gasteiger partial charge in [0.25, 0.3) is 0 Å². The van der Waals surface area contributed by atoms with Crippen LogP contribution in [-0.4, -0.2) is 110 Å². The number of nitrogens with zero attached hydrogens (tertiary/aromatic N) is 1. The number of carbonyl (C=O) groups is 2. The number of amides is 1. The standard InChI is InChI=1S/C50H82ClIN2O11Si3/c1-19-49(65-68(23-5,24-6)25-7,29-26-30-67(20-2,21-3)22-4)41(59-35-57-16)33-58-42(55)31-37(54-45(56)62-46(8,9)10)36-27-28-38(44(51)53-36)61-39-32-40(52)50(34-60-48(14,15)64-50)43(39)63-66(17,18)47(11,12)13/h1,27-28,32,37,39,41,43H,20-25,29,31,33-35H2,2-18H3,(H,54,56)/t37-,39+,41+,43-,49+,50+/m1/s1. The maximum atomic E-state index is 14.1. The fourth-order valence-electron chi connectivity index (χ4n) is 8.09. The molecule has 1 aromatic rings. The van der Waals surface area contributed by atoms with Crippen molar-refractivity contribution in [3.63, 3.8) is 0 Å². The van der Waals surface area contributed by atoms with E-state index >= 15 is 0 Å². The van der Waals surface area contributed by atoms with Crippen LogP contribution in [0.1, 0.15) is 122 Å². The lowest BCUT2D eigenvalue weighted by atomic mass is 9.94. The number of halogens is 2. The molecule has 0 radical (unpaired) electrons. The number of methoxy groups -OCH3 is 1. The zero-order chi connectivity index (χ0) is 51.6. The number of terminal acetylenes is 1. The van der Waals surface area contributed by atoms with Crippen LogP contribution in [0.2, 0.25) is 59.5 Å². The van der Waals surface area contributed by atoms with E-state index in [2.05, 4.69) is 126 Å². The summed E-state index contributed by atoms with van der Waals surface area (Å²) in [4.78, 5) is 32.1. The predicted octanol–water partition coefficient (Wildman–Crippen LogP) is 12.1. The fraction of sp³-hybridized carbons (Fsp3) is 0.740. The van der Waals surface area contributed by atoms with Gasteiger partial charge in [0, 0.05) is 10.7 Å². The van der Waals surface area contributed by atoms with Crippen molar-refractivity contribution >= 4 is 71.0 Å². The summed E-state index contributed by atoms with van der Waals surface area (Å²) in [5.74, 6) is 5.19. The smallest absolute Gasteiger partial charge is 0.408 e. The van der Waals surface area contributed by atoms with Crippen LogP contribution in [0, 0.1) is 23.8 Å². The molecule has 0 saturated carbocycles. The van der Waals surface area contributed by atoms with Gasteiger partial charge in [0.2, 0.25) is 0 Å². The molecule has 1 amide bonds. The Morgan fingerprint density at radius 1 is 1.01 bits per heavy atom. The van der Waals surface area contributed by atoms with Crippen LogP contribution >= 0.6 is 34.2 Å². The molecule has 0 aromatic carbocycles. The Hall–Kier alpha value is -2.02. The van der Waals surface area contributed by atoms with Gasteiger partial charge >= 0.3 is 12.1 Å². The second kappa shape index (κ2) is 24.6. The number of ether oxygens (including phenoxy) is 7. The third-order valence-corrected chi connectivity index (χ3v) is 29.3. The van der Waals surface area contributed by atoms with Gasteiger partial charge in [-0.3, -0.25) is 4.79 Å². The summed E-state index contributed by atoms with van der Waals surface area (Å²) >= 11 is 9.23. The molecule has 1 aliphatic heterocycles. The molecule has 2 heterocycles. The largest absolute Gasteiger partial charge is 0.480 e. The molecule has 0 unspecified atom stereocenters. The monoisotopic (exact) mass is 1130 g/mol. The number of pyridine rings is 1. The molecule has 13 nitrogen and oxygen atoms in total. The molecule has 1 spiro atoms. The maximum absolute atomic E-state index is 14.1. The lowest BCUT2D eigenvalue weighted by Gasteiger charge is -2.44. The highest BCUT2D eigenvalue weighted by Gasteiger charge is 2.61. The number of nitrogens with one attached hydrogen (secondary N) is 1. The van der Waals surface area contributed by atoms with Crippen molar-refractivity contribution in [2.24, 2.45) is 0 Å². The molecule has 1 aliphatic carbocycles. The van der Waals surface area contributed by atoms with Gasteiger partial charge in [0.15, 0.2) is 44.5 Å². The first-order chi connectivity index (χ1) is 31.5. The average Bonchev–Trinajstić information content (AvgIpc) is 3.72. The first-order valence-electron chi connectivity index (χ1n) is 24.2. The van der Waals surface area contributed by atoms with Gasteiger partial charge in [-0.15, -0.1) is 17.9 Å². The van der Waals surface area contributed by atoms with Crippen LogP contribution in [0.25, 0.3) is 0 Å². The molecular formula is C50H82ClIN2O11Si3. The quantitative estimate of drug-likeness (QED) is 0.0278. The number of hydrogen-bond acceptors (Lipinski definition) is 12.